The molecule has 2 heterocycles. The molecule has 0 bridgehead atoms. The number of nitrogens with zero attached hydrogens (tertiary/aromatic N) is 3. The van der Waals surface area contributed by atoms with Crippen molar-refractivity contribution in [3.63, 3.8) is 0 Å². The Morgan fingerprint density at radius 3 is 2.63 bits per heavy atom. The lowest BCUT2D eigenvalue weighted by molar-refractivity contribution is -0.159. The monoisotopic (exact) mass is 490 g/mol. The molecule has 9 nitrogen and oxygen atoms in total. The molecule has 1 aliphatic heterocycles. The third-order valence-electron chi connectivity index (χ3n) is 5.38. The van der Waals surface area contributed by atoms with Gasteiger partial charge in [-0.15, -0.1) is 0 Å². The molecule has 2 amide bonds. The molecule has 0 aliphatic carbocycles. The smallest absolute Gasteiger partial charge is 0.471 e. The lowest BCUT2D eigenvalue weighted by Gasteiger charge is -2.35. The third kappa shape index (κ3) is 5.60. The second kappa shape index (κ2) is 10.1. The highest BCUT2D eigenvalue weighted by Crippen LogP contribution is 2.29. The van der Waals surface area contributed by atoms with Gasteiger partial charge in [-0.2, -0.15) is 18.2 Å². The first-order valence-corrected chi connectivity index (χ1v) is 10.6. The molecule has 35 heavy (non-hydrogen) atoms. The summed E-state index contributed by atoms with van der Waals surface area (Å²) in [6.45, 7) is 1.16. The summed E-state index contributed by atoms with van der Waals surface area (Å²) in [7, 11) is 1.52. The number of aromatic nitrogens is 2. The van der Waals surface area contributed by atoms with Crippen LogP contribution in [-0.4, -0.2) is 66.3 Å². The first kappa shape index (κ1) is 24.2. The quantitative estimate of drug-likeness (QED) is 0.566. The second-order valence-corrected chi connectivity index (χ2v) is 7.67. The predicted molar refractivity (Wildman–Crippen MR) is 116 cm³/mol. The Morgan fingerprint density at radius 1 is 1.17 bits per heavy atom. The number of morpholine rings is 1. The van der Waals surface area contributed by atoms with Crippen LogP contribution in [0.1, 0.15) is 26.6 Å². The van der Waals surface area contributed by atoms with Crippen molar-refractivity contribution < 1.29 is 36.8 Å². The number of halogens is 3. The van der Waals surface area contributed by atoms with Gasteiger partial charge in [-0.05, 0) is 30.3 Å². The van der Waals surface area contributed by atoms with E-state index < -0.39 is 18.0 Å². The number of carbonyl (C=O) groups is 2. The Kier molecular flexibility index (Phi) is 7.01. The van der Waals surface area contributed by atoms with Crippen LogP contribution >= 0.6 is 0 Å². The lowest BCUT2D eigenvalue weighted by atomic mass is 10.1. The Labute approximate surface area is 197 Å². The van der Waals surface area contributed by atoms with Gasteiger partial charge in [0, 0.05) is 29.8 Å². The van der Waals surface area contributed by atoms with E-state index in [0.29, 0.717) is 24.5 Å². The predicted octanol–water partition coefficient (Wildman–Crippen LogP) is 3.04. The van der Waals surface area contributed by atoms with Crippen molar-refractivity contribution in [1.29, 1.82) is 0 Å². The van der Waals surface area contributed by atoms with Crippen LogP contribution in [0.25, 0.3) is 11.4 Å². The summed E-state index contributed by atoms with van der Waals surface area (Å²) in [6, 6.07) is 12.1. The average molecular weight is 490 g/mol. The van der Waals surface area contributed by atoms with Crippen molar-refractivity contribution in [2.75, 3.05) is 33.4 Å². The maximum Gasteiger partial charge on any atom is 0.471 e. The average Bonchev–Trinajstić information content (AvgIpc) is 3.38. The van der Waals surface area contributed by atoms with Crippen LogP contribution < -0.4 is 10.1 Å². The van der Waals surface area contributed by atoms with Crippen LogP contribution in [0.3, 0.4) is 0 Å². The molecule has 3 aromatic rings. The number of benzene rings is 2. The van der Waals surface area contributed by atoms with Crippen molar-refractivity contribution in [2.45, 2.75) is 12.2 Å². The number of hydrogen-bond acceptors (Lipinski definition) is 7. The van der Waals surface area contributed by atoms with Gasteiger partial charge in [0.05, 0.1) is 26.4 Å². The summed E-state index contributed by atoms with van der Waals surface area (Å²) in [5.74, 6) is -1.74. The van der Waals surface area contributed by atoms with Gasteiger partial charge < -0.3 is 24.2 Å². The van der Waals surface area contributed by atoms with Gasteiger partial charge in [-0.25, -0.2) is 0 Å². The van der Waals surface area contributed by atoms with E-state index >= 15 is 0 Å². The summed E-state index contributed by atoms with van der Waals surface area (Å²) in [4.78, 5) is 30.6. The van der Waals surface area contributed by atoms with E-state index in [-0.39, 0.29) is 42.1 Å². The molecule has 1 N–H and O–H groups in total. The van der Waals surface area contributed by atoms with Crippen LogP contribution in [0.5, 0.6) is 5.75 Å². The topological polar surface area (TPSA) is 107 Å². The number of rotatable bonds is 6. The maximum absolute atomic E-state index is 13.0. The molecule has 1 fully saturated rings. The van der Waals surface area contributed by atoms with Crippen LogP contribution in [0.15, 0.2) is 53.1 Å². The SMILES string of the molecule is COc1cccc(C(=O)N2CCOCC2CNC(=O)c2ccc(-c3noc(C(F)(F)F)n3)cc2)c1. The molecule has 2 aromatic carbocycles. The Balaban J connectivity index is 1.39. The van der Waals surface area contributed by atoms with Crippen molar-refractivity contribution in [3.8, 4) is 17.1 Å². The molecule has 1 aromatic heterocycles. The maximum atomic E-state index is 13.0. The van der Waals surface area contributed by atoms with Crippen molar-refractivity contribution >= 4 is 11.8 Å². The van der Waals surface area contributed by atoms with Crippen LogP contribution in [0, 0.1) is 0 Å². The molecule has 1 aliphatic rings. The van der Waals surface area contributed by atoms with E-state index in [2.05, 4.69) is 20.0 Å². The molecule has 0 saturated carbocycles. The number of nitrogens with one attached hydrogen (secondary N) is 1. The number of methoxy groups -OCH3 is 1. The van der Waals surface area contributed by atoms with Crippen LogP contribution in [0.4, 0.5) is 13.2 Å². The first-order valence-electron chi connectivity index (χ1n) is 10.6. The van der Waals surface area contributed by atoms with E-state index in [1.807, 2.05) is 0 Å². The lowest BCUT2D eigenvalue weighted by Crippen LogP contribution is -2.53. The van der Waals surface area contributed by atoms with E-state index in [1.165, 1.54) is 31.4 Å². The first-order chi connectivity index (χ1) is 16.8. The molecule has 1 unspecified atom stereocenters. The fourth-order valence-corrected chi connectivity index (χ4v) is 3.55. The highest BCUT2D eigenvalue weighted by Gasteiger charge is 2.38. The minimum absolute atomic E-state index is 0.149. The number of ether oxygens (including phenoxy) is 2. The molecule has 0 radical (unpaired) electrons. The molecule has 184 valence electrons. The van der Waals surface area contributed by atoms with Gasteiger partial charge in [0.1, 0.15) is 5.75 Å². The van der Waals surface area contributed by atoms with E-state index in [1.54, 1.807) is 29.2 Å². The third-order valence-corrected chi connectivity index (χ3v) is 5.38. The Morgan fingerprint density at radius 2 is 1.94 bits per heavy atom. The molecule has 4 rings (SSSR count). The van der Waals surface area contributed by atoms with Crippen molar-refractivity contribution in [3.05, 3.63) is 65.5 Å². The largest absolute Gasteiger partial charge is 0.497 e. The van der Waals surface area contributed by atoms with Gasteiger partial charge in [0.15, 0.2) is 0 Å². The normalized spacial score (nSPS) is 16.1. The standard InChI is InChI=1S/C23H21F3N4O5/c1-33-18-4-2-3-16(11-18)21(32)30-9-10-34-13-17(30)12-27-20(31)15-7-5-14(6-8-15)19-28-22(35-29-19)23(24,25)26/h2-8,11,17H,9-10,12-13H2,1H3,(H,27,31). The Hall–Kier alpha value is -3.93. The summed E-state index contributed by atoms with van der Waals surface area (Å²) in [6.07, 6.45) is -4.74. The summed E-state index contributed by atoms with van der Waals surface area (Å²) < 4.78 is 52.8. The van der Waals surface area contributed by atoms with E-state index in [4.69, 9.17) is 9.47 Å². The molecular formula is C23H21F3N4O5. The van der Waals surface area contributed by atoms with Gasteiger partial charge in [0.2, 0.25) is 5.82 Å². The van der Waals surface area contributed by atoms with Crippen LogP contribution in [-0.2, 0) is 10.9 Å². The molecule has 12 heteroatoms. The number of amides is 2. The zero-order chi connectivity index (χ0) is 25.0. The number of alkyl halides is 3. The van der Waals surface area contributed by atoms with Gasteiger partial charge in [0.25, 0.3) is 11.8 Å². The second-order valence-electron chi connectivity index (χ2n) is 7.67. The fourth-order valence-electron chi connectivity index (χ4n) is 3.55. The summed E-state index contributed by atoms with van der Waals surface area (Å²) in [5, 5.41) is 6.09. The molecular weight excluding hydrogens is 469 g/mol. The zero-order valence-corrected chi connectivity index (χ0v) is 18.5. The minimum atomic E-state index is -4.74. The highest BCUT2D eigenvalue weighted by atomic mass is 19.4. The fraction of sp³-hybridized carbons (Fsp3) is 0.304. The molecule has 1 saturated heterocycles. The summed E-state index contributed by atoms with van der Waals surface area (Å²) >= 11 is 0. The van der Waals surface area contributed by atoms with E-state index in [9.17, 15) is 22.8 Å². The van der Waals surface area contributed by atoms with E-state index in [0.717, 1.165) is 0 Å². The van der Waals surface area contributed by atoms with Crippen molar-refractivity contribution in [1.82, 2.24) is 20.4 Å². The minimum Gasteiger partial charge on any atom is -0.497 e. The van der Waals surface area contributed by atoms with Gasteiger partial charge >= 0.3 is 12.1 Å². The molecule has 0 spiro atoms. The Bertz CT molecular complexity index is 1200. The highest BCUT2D eigenvalue weighted by molar-refractivity contribution is 5.96. The summed E-state index contributed by atoms with van der Waals surface area (Å²) in [5.41, 5.74) is 1.00. The van der Waals surface area contributed by atoms with Crippen molar-refractivity contribution in [2.24, 2.45) is 0 Å². The van der Waals surface area contributed by atoms with Gasteiger partial charge in [-0.3, -0.25) is 9.59 Å². The van der Waals surface area contributed by atoms with Gasteiger partial charge in [-0.1, -0.05) is 23.4 Å². The number of hydrogen-bond donors (Lipinski definition) is 1. The molecule has 1 atom stereocenters. The number of carbonyl (C=O) groups excluding carboxylic acids is 2. The van der Waals surface area contributed by atoms with Crippen LogP contribution in [0.2, 0.25) is 0 Å². The zero-order valence-electron chi connectivity index (χ0n) is 18.5.